The fourth-order valence-corrected chi connectivity index (χ4v) is 2.20. The van der Waals surface area contributed by atoms with Crippen molar-refractivity contribution in [2.24, 2.45) is 0 Å². The van der Waals surface area contributed by atoms with E-state index in [0.29, 0.717) is 11.6 Å². The van der Waals surface area contributed by atoms with Crippen LogP contribution in [-0.4, -0.2) is 12.5 Å². The first-order valence-electron chi connectivity index (χ1n) is 6.87. The van der Waals surface area contributed by atoms with E-state index in [1.165, 1.54) is 5.56 Å². The Morgan fingerprint density at radius 2 is 1.86 bits per heavy atom. The molecule has 0 saturated heterocycles. The highest BCUT2D eigenvalue weighted by Gasteiger charge is 2.04. The first kappa shape index (κ1) is 15.4. The minimum Gasteiger partial charge on any atom is -0.376 e. The van der Waals surface area contributed by atoms with Crippen LogP contribution in [0.5, 0.6) is 0 Å². The van der Waals surface area contributed by atoms with Gasteiger partial charge in [0.25, 0.3) is 0 Å². The topological polar surface area (TPSA) is 41.1 Å². The zero-order chi connectivity index (χ0) is 15.2. The van der Waals surface area contributed by atoms with Crippen molar-refractivity contribution in [3.8, 4) is 0 Å². The van der Waals surface area contributed by atoms with Gasteiger partial charge < -0.3 is 10.6 Å². The van der Waals surface area contributed by atoms with E-state index in [1.54, 1.807) is 0 Å². The third kappa shape index (κ3) is 4.50. The number of carbonyl (C=O) groups excluding carboxylic acids is 1. The van der Waals surface area contributed by atoms with Crippen LogP contribution in [0.2, 0.25) is 5.02 Å². The Bertz CT molecular complexity index is 640. The lowest BCUT2D eigenvalue weighted by Gasteiger charge is -2.11. The molecule has 4 heteroatoms. The molecule has 0 aliphatic carbocycles. The largest absolute Gasteiger partial charge is 0.376 e. The van der Waals surface area contributed by atoms with Gasteiger partial charge in [-0.3, -0.25) is 4.79 Å². The predicted molar refractivity (Wildman–Crippen MR) is 87.7 cm³/mol. The first-order chi connectivity index (χ1) is 10.1. The van der Waals surface area contributed by atoms with Crippen molar-refractivity contribution in [3.05, 3.63) is 64.2 Å². The van der Waals surface area contributed by atoms with Gasteiger partial charge in [-0.05, 0) is 42.7 Å². The Labute approximate surface area is 130 Å². The maximum Gasteiger partial charge on any atom is 0.239 e. The molecule has 0 spiro atoms. The summed E-state index contributed by atoms with van der Waals surface area (Å²) in [4.78, 5) is 11.9. The lowest BCUT2D eigenvalue weighted by atomic mass is 10.1. The fourth-order valence-electron chi connectivity index (χ4n) is 2.02. The van der Waals surface area contributed by atoms with Crippen molar-refractivity contribution in [1.82, 2.24) is 5.32 Å². The summed E-state index contributed by atoms with van der Waals surface area (Å²) < 4.78 is 0. The highest BCUT2D eigenvalue weighted by molar-refractivity contribution is 6.30. The maximum absolute atomic E-state index is 11.9. The van der Waals surface area contributed by atoms with E-state index in [-0.39, 0.29) is 12.5 Å². The minimum atomic E-state index is -0.0439. The second kappa shape index (κ2) is 7.14. The van der Waals surface area contributed by atoms with Gasteiger partial charge in [-0.2, -0.15) is 0 Å². The Morgan fingerprint density at radius 1 is 1.10 bits per heavy atom. The lowest BCUT2D eigenvalue weighted by Crippen LogP contribution is -2.29. The SMILES string of the molecule is Cc1ccccc1CNC(=O)CNc1cc(Cl)ccc1C. The number of nitrogens with one attached hydrogen (secondary N) is 2. The van der Waals surface area contributed by atoms with Crippen molar-refractivity contribution < 1.29 is 4.79 Å². The molecule has 0 aromatic heterocycles. The molecular formula is C17H19ClN2O. The molecule has 110 valence electrons. The van der Waals surface area contributed by atoms with Crippen LogP contribution in [-0.2, 0) is 11.3 Å². The van der Waals surface area contributed by atoms with Crippen LogP contribution in [0.25, 0.3) is 0 Å². The number of halogens is 1. The number of anilines is 1. The summed E-state index contributed by atoms with van der Waals surface area (Å²) in [5.41, 5.74) is 4.25. The van der Waals surface area contributed by atoms with Gasteiger partial charge in [0.1, 0.15) is 0 Å². The van der Waals surface area contributed by atoms with Crippen LogP contribution >= 0.6 is 11.6 Å². The van der Waals surface area contributed by atoms with Crippen LogP contribution in [0.1, 0.15) is 16.7 Å². The molecule has 2 N–H and O–H groups in total. The van der Waals surface area contributed by atoms with Gasteiger partial charge >= 0.3 is 0 Å². The number of rotatable bonds is 5. The molecule has 2 aromatic rings. The Hall–Kier alpha value is -2.00. The summed E-state index contributed by atoms with van der Waals surface area (Å²) in [6.45, 7) is 4.79. The second-order valence-electron chi connectivity index (χ2n) is 5.02. The summed E-state index contributed by atoms with van der Waals surface area (Å²) in [5.74, 6) is -0.0439. The molecule has 0 saturated carbocycles. The van der Waals surface area contributed by atoms with E-state index in [2.05, 4.69) is 10.6 Å². The maximum atomic E-state index is 11.9. The summed E-state index contributed by atoms with van der Waals surface area (Å²) in [6.07, 6.45) is 0. The highest BCUT2D eigenvalue weighted by Crippen LogP contribution is 2.19. The Morgan fingerprint density at radius 3 is 2.62 bits per heavy atom. The van der Waals surface area contributed by atoms with Gasteiger partial charge in [0.05, 0.1) is 6.54 Å². The van der Waals surface area contributed by atoms with Crippen LogP contribution in [0.4, 0.5) is 5.69 Å². The van der Waals surface area contributed by atoms with Gasteiger partial charge in [-0.1, -0.05) is 41.9 Å². The normalized spacial score (nSPS) is 10.2. The molecule has 21 heavy (non-hydrogen) atoms. The van der Waals surface area contributed by atoms with Crippen molar-refractivity contribution in [3.63, 3.8) is 0 Å². The Balaban J connectivity index is 1.85. The van der Waals surface area contributed by atoms with Crippen LogP contribution in [0.15, 0.2) is 42.5 Å². The average molecular weight is 303 g/mol. The number of amides is 1. The predicted octanol–water partition coefficient (Wildman–Crippen LogP) is 3.69. The molecule has 0 atom stereocenters. The molecule has 3 nitrogen and oxygen atoms in total. The standard InChI is InChI=1S/C17H19ClN2O/c1-12-5-3-4-6-14(12)10-20-17(21)11-19-16-9-15(18)8-7-13(16)2/h3-9,19H,10-11H2,1-2H3,(H,20,21). The Kier molecular flexibility index (Phi) is 5.23. The summed E-state index contributed by atoms with van der Waals surface area (Å²) in [7, 11) is 0. The third-order valence-corrected chi connectivity index (χ3v) is 3.61. The van der Waals surface area contributed by atoms with Crippen LogP contribution in [0.3, 0.4) is 0 Å². The quantitative estimate of drug-likeness (QED) is 0.884. The van der Waals surface area contributed by atoms with E-state index in [0.717, 1.165) is 16.8 Å². The van der Waals surface area contributed by atoms with Crippen molar-refractivity contribution >= 4 is 23.2 Å². The number of hydrogen-bond acceptors (Lipinski definition) is 2. The van der Waals surface area contributed by atoms with Gasteiger partial charge in [-0.15, -0.1) is 0 Å². The summed E-state index contributed by atoms with van der Waals surface area (Å²) in [6, 6.07) is 13.6. The molecule has 2 aromatic carbocycles. The zero-order valence-corrected chi connectivity index (χ0v) is 13.0. The molecule has 0 radical (unpaired) electrons. The molecule has 0 aliphatic rings. The number of benzene rings is 2. The van der Waals surface area contributed by atoms with Crippen molar-refractivity contribution in [1.29, 1.82) is 0 Å². The first-order valence-corrected chi connectivity index (χ1v) is 7.25. The zero-order valence-electron chi connectivity index (χ0n) is 12.2. The molecule has 0 heterocycles. The monoisotopic (exact) mass is 302 g/mol. The van der Waals surface area contributed by atoms with Gasteiger partial charge in [-0.25, -0.2) is 0 Å². The fraction of sp³-hybridized carbons (Fsp3) is 0.235. The molecular weight excluding hydrogens is 284 g/mol. The van der Waals surface area contributed by atoms with E-state index in [1.807, 2.05) is 56.3 Å². The van der Waals surface area contributed by atoms with E-state index >= 15 is 0 Å². The van der Waals surface area contributed by atoms with Gasteiger partial charge in [0.15, 0.2) is 0 Å². The highest BCUT2D eigenvalue weighted by atomic mass is 35.5. The second-order valence-corrected chi connectivity index (χ2v) is 5.45. The number of aryl methyl sites for hydroxylation is 2. The molecule has 0 bridgehead atoms. The minimum absolute atomic E-state index is 0.0439. The van der Waals surface area contributed by atoms with Crippen LogP contribution < -0.4 is 10.6 Å². The molecule has 0 aliphatic heterocycles. The molecule has 0 fully saturated rings. The average Bonchev–Trinajstić information content (AvgIpc) is 2.47. The summed E-state index contributed by atoms with van der Waals surface area (Å²) >= 11 is 5.95. The third-order valence-electron chi connectivity index (χ3n) is 3.38. The molecule has 0 unspecified atom stereocenters. The van der Waals surface area contributed by atoms with E-state index in [4.69, 9.17) is 11.6 Å². The summed E-state index contributed by atoms with van der Waals surface area (Å²) in [5, 5.41) is 6.67. The lowest BCUT2D eigenvalue weighted by molar-refractivity contribution is -0.119. The van der Waals surface area contributed by atoms with Gasteiger partial charge in [0, 0.05) is 17.3 Å². The number of hydrogen-bond donors (Lipinski definition) is 2. The van der Waals surface area contributed by atoms with E-state index < -0.39 is 0 Å². The number of carbonyl (C=O) groups is 1. The molecule has 1 amide bonds. The molecule has 2 rings (SSSR count). The van der Waals surface area contributed by atoms with E-state index in [9.17, 15) is 4.79 Å². The van der Waals surface area contributed by atoms with Crippen LogP contribution in [0, 0.1) is 13.8 Å². The van der Waals surface area contributed by atoms with Crippen molar-refractivity contribution in [2.45, 2.75) is 20.4 Å². The van der Waals surface area contributed by atoms with Crippen molar-refractivity contribution in [2.75, 3.05) is 11.9 Å². The smallest absolute Gasteiger partial charge is 0.239 e. The van der Waals surface area contributed by atoms with Gasteiger partial charge in [0.2, 0.25) is 5.91 Å².